The number of hydrogen-bond acceptors (Lipinski definition) is 5. The molecule has 1 aromatic rings. The minimum Gasteiger partial charge on any atom is -0.436 e. The van der Waals surface area contributed by atoms with E-state index in [-0.39, 0.29) is 5.56 Å². The molecule has 1 aromatic carbocycles. The van der Waals surface area contributed by atoms with Crippen molar-refractivity contribution in [2.24, 2.45) is 0 Å². The van der Waals surface area contributed by atoms with Crippen LogP contribution in [-0.2, 0) is 11.4 Å². The second-order valence-electron chi connectivity index (χ2n) is 5.18. The van der Waals surface area contributed by atoms with Gasteiger partial charge in [0.2, 0.25) is 5.89 Å². The zero-order valence-corrected chi connectivity index (χ0v) is 11.5. The van der Waals surface area contributed by atoms with E-state index in [1.54, 1.807) is 0 Å². The molecule has 3 aliphatic heterocycles. The second-order valence-corrected chi connectivity index (χ2v) is 5.18. The third-order valence-corrected chi connectivity index (χ3v) is 3.77. The van der Waals surface area contributed by atoms with Gasteiger partial charge in [0.15, 0.2) is 0 Å². The molecule has 4 rings (SSSR count). The van der Waals surface area contributed by atoms with Gasteiger partial charge in [-0.2, -0.15) is 0 Å². The van der Waals surface area contributed by atoms with Crippen LogP contribution in [0.4, 0.5) is 0 Å². The van der Waals surface area contributed by atoms with Crippen LogP contribution in [0.2, 0.25) is 0 Å². The number of ether oxygens (including phenoxy) is 1. The van der Waals surface area contributed by atoms with E-state index in [9.17, 15) is 4.79 Å². The molecule has 0 bridgehead atoms. The van der Waals surface area contributed by atoms with Crippen LogP contribution < -0.4 is 5.56 Å². The van der Waals surface area contributed by atoms with Crippen LogP contribution in [0.5, 0.6) is 0 Å². The summed E-state index contributed by atoms with van der Waals surface area (Å²) in [7, 11) is 0. The van der Waals surface area contributed by atoms with E-state index in [1.165, 1.54) is 4.68 Å². The minimum atomic E-state index is -0.106. The van der Waals surface area contributed by atoms with Crippen molar-refractivity contribution in [3.63, 3.8) is 0 Å². The summed E-state index contributed by atoms with van der Waals surface area (Å²) >= 11 is 0. The summed E-state index contributed by atoms with van der Waals surface area (Å²) in [6.07, 6.45) is 0. The lowest BCUT2D eigenvalue weighted by Crippen LogP contribution is -2.39. The number of rotatable bonds is 2. The van der Waals surface area contributed by atoms with Crippen molar-refractivity contribution in [2.75, 3.05) is 26.3 Å². The van der Waals surface area contributed by atoms with Gasteiger partial charge in [-0.3, -0.25) is 9.69 Å². The maximum atomic E-state index is 12.4. The molecule has 3 heterocycles. The molecule has 0 N–H and O–H groups in total. The Balaban J connectivity index is 1.76. The second kappa shape index (κ2) is 4.98. The molecular weight excluding hydrogens is 270 g/mol. The van der Waals surface area contributed by atoms with Crippen LogP contribution in [0.1, 0.15) is 0 Å². The van der Waals surface area contributed by atoms with Crippen molar-refractivity contribution in [1.29, 1.82) is 0 Å². The number of para-hydroxylation sites is 1. The molecular formula is C15H15N3O3. The van der Waals surface area contributed by atoms with Crippen LogP contribution in [-0.4, -0.2) is 41.0 Å². The lowest BCUT2D eigenvalue weighted by atomic mass is 10.2. The summed E-state index contributed by atoms with van der Waals surface area (Å²) < 4.78 is 12.5. The monoisotopic (exact) mass is 285 g/mol. The Kier molecular flexibility index (Phi) is 2.98. The third kappa shape index (κ3) is 2.22. The van der Waals surface area contributed by atoms with Crippen molar-refractivity contribution < 1.29 is 9.15 Å². The molecule has 3 aliphatic rings. The van der Waals surface area contributed by atoms with Crippen molar-refractivity contribution in [3.8, 4) is 11.5 Å². The Morgan fingerprint density at radius 3 is 2.86 bits per heavy atom. The summed E-state index contributed by atoms with van der Waals surface area (Å²) in [6, 6.07) is 9.48. The van der Waals surface area contributed by atoms with Gasteiger partial charge in [-0.25, -0.2) is 4.68 Å². The quantitative estimate of drug-likeness (QED) is 0.712. The molecule has 108 valence electrons. The van der Waals surface area contributed by atoms with Gasteiger partial charge in [0, 0.05) is 18.5 Å². The molecule has 6 heteroatoms. The van der Waals surface area contributed by atoms with Gasteiger partial charge in [-0.05, 0) is 12.1 Å². The molecule has 21 heavy (non-hydrogen) atoms. The van der Waals surface area contributed by atoms with Crippen LogP contribution in [0.25, 0.3) is 22.4 Å². The molecule has 0 atom stereocenters. The molecule has 0 radical (unpaired) electrons. The predicted molar refractivity (Wildman–Crippen MR) is 77.3 cm³/mol. The smallest absolute Gasteiger partial charge is 0.280 e. The van der Waals surface area contributed by atoms with E-state index in [0.717, 1.165) is 24.1 Å². The Morgan fingerprint density at radius 2 is 2.00 bits per heavy atom. The molecule has 0 unspecified atom stereocenters. The van der Waals surface area contributed by atoms with Gasteiger partial charge in [0.1, 0.15) is 11.1 Å². The Hall–Kier alpha value is -2.18. The van der Waals surface area contributed by atoms with Gasteiger partial charge in [0.25, 0.3) is 5.56 Å². The van der Waals surface area contributed by atoms with Gasteiger partial charge < -0.3 is 9.15 Å². The number of nitrogens with zero attached hydrogens (tertiary/aromatic N) is 3. The molecule has 0 spiro atoms. The molecule has 0 aliphatic carbocycles. The van der Waals surface area contributed by atoms with Gasteiger partial charge in [-0.1, -0.05) is 18.2 Å². The van der Waals surface area contributed by atoms with E-state index in [0.29, 0.717) is 31.3 Å². The average molecular weight is 285 g/mol. The average Bonchev–Trinajstić information content (AvgIpc) is 2.82. The molecule has 6 nitrogen and oxygen atoms in total. The van der Waals surface area contributed by atoms with E-state index in [2.05, 4.69) is 10.00 Å². The summed E-state index contributed by atoms with van der Waals surface area (Å²) in [5.74, 6) is 0.395. The summed E-state index contributed by atoms with van der Waals surface area (Å²) in [5.41, 5.74) is 1.16. The number of morpholine rings is 1. The molecule has 1 saturated heterocycles. The van der Waals surface area contributed by atoms with Crippen LogP contribution in [0.3, 0.4) is 0 Å². The fourth-order valence-electron chi connectivity index (χ4n) is 2.62. The third-order valence-electron chi connectivity index (χ3n) is 3.77. The first-order valence-corrected chi connectivity index (χ1v) is 7.01. The highest BCUT2D eigenvalue weighted by Crippen LogP contribution is 2.23. The first kappa shape index (κ1) is 12.6. The van der Waals surface area contributed by atoms with Crippen molar-refractivity contribution in [1.82, 2.24) is 14.7 Å². The molecule has 0 amide bonds. The lowest BCUT2D eigenvalue weighted by Gasteiger charge is -2.25. The highest BCUT2D eigenvalue weighted by atomic mass is 16.5. The van der Waals surface area contributed by atoms with E-state index in [1.807, 2.05) is 30.3 Å². The zero-order chi connectivity index (χ0) is 14.2. The SMILES string of the molecule is O=c1c2cc3ccccc3oc-2nn1CN1CCOCC1. The van der Waals surface area contributed by atoms with Crippen molar-refractivity contribution >= 4 is 11.0 Å². The number of benzene rings is 1. The first-order chi connectivity index (χ1) is 10.3. The van der Waals surface area contributed by atoms with Gasteiger partial charge >= 0.3 is 0 Å². The van der Waals surface area contributed by atoms with E-state index >= 15 is 0 Å². The molecule has 1 fully saturated rings. The highest BCUT2D eigenvalue weighted by Gasteiger charge is 2.20. The standard InChI is InChI=1S/C15H15N3O3/c19-15-12-9-11-3-1-2-4-13(11)21-14(12)16-18(15)10-17-5-7-20-8-6-17/h1-4,9H,5-8,10H2. The van der Waals surface area contributed by atoms with Gasteiger partial charge in [0.05, 0.1) is 19.9 Å². The summed E-state index contributed by atoms with van der Waals surface area (Å²) in [4.78, 5) is 14.6. The largest absolute Gasteiger partial charge is 0.436 e. The maximum absolute atomic E-state index is 12.4. The summed E-state index contributed by atoms with van der Waals surface area (Å²) in [5, 5.41) is 5.22. The minimum absolute atomic E-state index is 0.106. The lowest BCUT2D eigenvalue weighted by molar-refractivity contribution is 0.0208. The normalized spacial score (nSPS) is 16.8. The number of fused-ring (bicyclic) bond motifs is 2. The molecule has 0 aromatic heterocycles. The maximum Gasteiger partial charge on any atom is 0.280 e. The van der Waals surface area contributed by atoms with Crippen LogP contribution >= 0.6 is 0 Å². The van der Waals surface area contributed by atoms with Crippen molar-refractivity contribution in [2.45, 2.75) is 6.67 Å². The molecule has 0 saturated carbocycles. The fourth-order valence-corrected chi connectivity index (χ4v) is 2.62. The Bertz CT molecular complexity index is 801. The highest BCUT2D eigenvalue weighted by molar-refractivity contribution is 5.81. The Morgan fingerprint density at radius 1 is 1.19 bits per heavy atom. The zero-order valence-electron chi connectivity index (χ0n) is 11.5. The summed E-state index contributed by atoms with van der Waals surface area (Å²) in [6.45, 7) is 3.50. The predicted octanol–water partition coefficient (Wildman–Crippen LogP) is 1.38. The van der Waals surface area contributed by atoms with Crippen LogP contribution in [0.15, 0.2) is 39.5 Å². The fraction of sp³-hybridized carbons (Fsp3) is 0.333. The number of aromatic nitrogens is 2. The van der Waals surface area contributed by atoms with Gasteiger partial charge in [-0.15, -0.1) is 5.10 Å². The number of hydrogen-bond donors (Lipinski definition) is 0. The van der Waals surface area contributed by atoms with Crippen molar-refractivity contribution in [3.05, 3.63) is 40.7 Å². The Labute approximate surface area is 120 Å². The first-order valence-electron chi connectivity index (χ1n) is 7.01. The van der Waals surface area contributed by atoms with E-state index < -0.39 is 0 Å². The van der Waals surface area contributed by atoms with E-state index in [4.69, 9.17) is 9.15 Å². The van der Waals surface area contributed by atoms with Crippen LogP contribution in [0, 0.1) is 0 Å². The topological polar surface area (TPSA) is 60.5 Å².